The van der Waals surface area contributed by atoms with Crippen molar-refractivity contribution in [2.45, 2.75) is 77.7 Å². The summed E-state index contributed by atoms with van der Waals surface area (Å²) in [6.07, 6.45) is 10.5. The van der Waals surface area contributed by atoms with Gasteiger partial charge in [-0.2, -0.15) is 0 Å². The van der Waals surface area contributed by atoms with E-state index in [0.29, 0.717) is 31.5 Å². The second-order valence-corrected chi connectivity index (χ2v) is 11.4. The standard InChI is InChI=1S/C25H34O5/c1-22-13-15(26)5-9-23(22,2)17-6-10-24(3)18(20(17)16(14-22)21(28)29-4)7-11-25(24)12-8-19(27)30-25/h6,10,16-18,20H,5,7-9,11-14H2,1-4H3/t16-,17?,18?,20?,22+,23-,24+,25-/m1/s1. The molecule has 1 saturated heterocycles. The molecule has 30 heavy (non-hydrogen) atoms. The first-order chi connectivity index (χ1) is 14.1. The molecule has 1 aliphatic heterocycles. The Labute approximate surface area is 178 Å². The Balaban J connectivity index is 1.62. The fourth-order valence-electron chi connectivity index (χ4n) is 8.51. The normalized spacial score (nSPS) is 51.9. The van der Waals surface area contributed by atoms with Crippen molar-refractivity contribution >= 4 is 17.7 Å². The lowest BCUT2D eigenvalue weighted by Crippen LogP contribution is -2.61. The minimum atomic E-state index is -0.429. The molecule has 5 nitrogen and oxygen atoms in total. The highest BCUT2D eigenvalue weighted by Gasteiger charge is 2.70. The third-order valence-electron chi connectivity index (χ3n) is 10.4. The molecule has 3 unspecified atom stereocenters. The molecule has 5 rings (SSSR count). The molecule has 0 aromatic carbocycles. The number of carbonyl (C=O) groups excluding carboxylic acids is 3. The topological polar surface area (TPSA) is 69.7 Å². The van der Waals surface area contributed by atoms with Crippen molar-refractivity contribution in [1.29, 1.82) is 0 Å². The quantitative estimate of drug-likeness (QED) is 0.474. The maximum atomic E-state index is 13.1. The van der Waals surface area contributed by atoms with Gasteiger partial charge in [-0.1, -0.05) is 32.9 Å². The van der Waals surface area contributed by atoms with Gasteiger partial charge in [0, 0.05) is 24.7 Å². The highest BCUT2D eigenvalue weighted by atomic mass is 16.6. The Morgan fingerprint density at radius 2 is 1.90 bits per heavy atom. The van der Waals surface area contributed by atoms with Crippen molar-refractivity contribution in [3.05, 3.63) is 12.2 Å². The van der Waals surface area contributed by atoms with Crippen molar-refractivity contribution in [3.8, 4) is 0 Å². The fourth-order valence-corrected chi connectivity index (χ4v) is 8.51. The molecule has 5 heteroatoms. The Bertz CT molecular complexity index is 846. The van der Waals surface area contributed by atoms with E-state index >= 15 is 0 Å². The molecule has 0 aromatic heterocycles. The van der Waals surface area contributed by atoms with Gasteiger partial charge in [-0.05, 0) is 60.7 Å². The molecular weight excluding hydrogens is 380 g/mol. The summed E-state index contributed by atoms with van der Waals surface area (Å²) in [6, 6.07) is 0. The summed E-state index contributed by atoms with van der Waals surface area (Å²) < 4.78 is 11.3. The van der Waals surface area contributed by atoms with Gasteiger partial charge in [0.05, 0.1) is 13.0 Å². The zero-order valence-electron chi connectivity index (χ0n) is 18.7. The maximum Gasteiger partial charge on any atom is 0.308 e. The molecule has 164 valence electrons. The van der Waals surface area contributed by atoms with E-state index in [2.05, 4.69) is 32.9 Å². The van der Waals surface area contributed by atoms with Crippen molar-refractivity contribution in [2.75, 3.05) is 7.11 Å². The minimum Gasteiger partial charge on any atom is -0.469 e. The molecule has 1 heterocycles. The van der Waals surface area contributed by atoms with Crippen LogP contribution in [0.4, 0.5) is 0 Å². The summed E-state index contributed by atoms with van der Waals surface area (Å²) in [7, 11) is 1.48. The lowest BCUT2D eigenvalue weighted by molar-refractivity contribution is -0.182. The van der Waals surface area contributed by atoms with E-state index in [0.717, 1.165) is 25.7 Å². The zero-order chi connectivity index (χ0) is 21.5. The molecule has 0 amide bonds. The number of fused-ring (bicyclic) bond motifs is 6. The number of ketones is 1. The van der Waals surface area contributed by atoms with E-state index in [-0.39, 0.29) is 51.9 Å². The Morgan fingerprint density at radius 1 is 1.13 bits per heavy atom. The van der Waals surface area contributed by atoms with Crippen LogP contribution in [0.2, 0.25) is 0 Å². The van der Waals surface area contributed by atoms with Crippen molar-refractivity contribution in [3.63, 3.8) is 0 Å². The molecule has 8 atom stereocenters. The van der Waals surface area contributed by atoms with Crippen LogP contribution in [0, 0.1) is 39.9 Å². The van der Waals surface area contributed by atoms with Crippen molar-refractivity contribution in [2.24, 2.45) is 39.9 Å². The number of hydrogen-bond donors (Lipinski definition) is 0. The molecule has 0 radical (unpaired) electrons. The van der Waals surface area contributed by atoms with Crippen LogP contribution in [0.15, 0.2) is 12.2 Å². The van der Waals surface area contributed by atoms with Gasteiger partial charge in [0.25, 0.3) is 0 Å². The van der Waals surface area contributed by atoms with Crippen LogP contribution in [0.1, 0.15) is 72.1 Å². The average molecular weight is 415 g/mol. The van der Waals surface area contributed by atoms with E-state index in [1.165, 1.54) is 7.11 Å². The molecule has 4 aliphatic carbocycles. The van der Waals surface area contributed by atoms with Crippen LogP contribution in [0.3, 0.4) is 0 Å². The van der Waals surface area contributed by atoms with E-state index in [1.54, 1.807) is 0 Å². The Kier molecular flexibility index (Phi) is 4.19. The molecule has 5 aliphatic rings. The molecule has 4 fully saturated rings. The van der Waals surface area contributed by atoms with Crippen LogP contribution in [0.5, 0.6) is 0 Å². The van der Waals surface area contributed by atoms with Crippen LogP contribution in [0.25, 0.3) is 0 Å². The number of Topliss-reactive ketones (excluding diaryl/α,β-unsaturated/α-hetero) is 1. The van der Waals surface area contributed by atoms with Crippen molar-refractivity contribution < 1.29 is 23.9 Å². The van der Waals surface area contributed by atoms with Crippen molar-refractivity contribution in [1.82, 2.24) is 0 Å². The first kappa shape index (κ1) is 20.3. The van der Waals surface area contributed by atoms with Gasteiger partial charge >= 0.3 is 11.9 Å². The maximum absolute atomic E-state index is 13.1. The Morgan fingerprint density at radius 3 is 2.57 bits per heavy atom. The zero-order valence-corrected chi connectivity index (χ0v) is 18.7. The number of rotatable bonds is 1. The van der Waals surface area contributed by atoms with Gasteiger partial charge in [0.2, 0.25) is 0 Å². The summed E-state index contributed by atoms with van der Waals surface area (Å²) in [5.41, 5.74) is -0.894. The predicted molar refractivity (Wildman–Crippen MR) is 110 cm³/mol. The Hall–Kier alpha value is -1.65. The number of hydrogen-bond acceptors (Lipinski definition) is 5. The van der Waals surface area contributed by atoms with Crippen LogP contribution in [-0.2, 0) is 23.9 Å². The molecular formula is C25H34O5. The highest BCUT2D eigenvalue weighted by Crippen LogP contribution is 2.71. The van der Waals surface area contributed by atoms with E-state index in [4.69, 9.17) is 9.47 Å². The number of allylic oxidation sites excluding steroid dienone is 1. The van der Waals surface area contributed by atoms with Gasteiger partial charge in [-0.3, -0.25) is 14.4 Å². The third kappa shape index (κ3) is 2.32. The lowest BCUT2D eigenvalue weighted by atomic mass is 9.39. The number of carbonyl (C=O) groups is 3. The SMILES string of the molecule is COC(=O)[C@@H]1C[C@]2(C)CC(=O)CC[C@]2(C)C2C=C[C@@]3(C)C(CC[C@@]34CCC(=O)O4)C21. The second kappa shape index (κ2) is 6.20. The summed E-state index contributed by atoms with van der Waals surface area (Å²) in [5, 5.41) is 0. The third-order valence-corrected chi connectivity index (χ3v) is 10.4. The second-order valence-electron chi connectivity index (χ2n) is 11.4. The van der Waals surface area contributed by atoms with Gasteiger partial charge < -0.3 is 9.47 Å². The summed E-state index contributed by atoms with van der Waals surface area (Å²) >= 11 is 0. The lowest BCUT2D eigenvalue weighted by Gasteiger charge is -2.64. The monoisotopic (exact) mass is 414 g/mol. The molecule has 1 spiro atoms. The molecule has 0 N–H and O–H groups in total. The van der Waals surface area contributed by atoms with Crippen LogP contribution < -0.4 is 0 Å². The highest BCUT2D eigenvalue weighted by molar-refractivity contribution is 5.81. The van der Waals surface area contributed by atoms with E-state index in [9.17, 15) is 14.4 Å². The number of esters is 2. The summed E-state index contributed by atoms with van der Waals surface area (Å²) in [6.45, 7) is 6.80. The van der Waals surface area contributed by atoms with Crippen LogP contribution >= 0.6 is 0 Å². The average Bonchev–Trinajstić information content (AvgIpc) is 3.22. The molecule has 0 aromatic rings. The minimum absolute atomic E-state index is 0.0178. The first-order valence-corrected chi connectivity index (χ1v) is 11.6. The number of ether oxygens (including phenoxy) is 2. The van der Waals surface area contributed by atoms with Crippen LogP contribution in [-0.4, -0.2) is 30.4 Å². The molecule has 0 bridgehead atoms. The predicted octanol–water partition coefficient (Wildman–Crippen LogP) is 4.24. The number of methoxy groups -OCH3 is 1. The molecule has 3 saturated carbocycles. The fraction of sp³-hybridized carbons (Fsp3) is 0.800. The van der Waals surface area contributed by atoms with Gasteiger partial charge in [-0.15, -0.1) is 0 Å². The van der Waals surface area contributed by atoms with Gasteiger partial charge in [0.15, 0.2) is 0 Å². The van der Waals surface area contributed by atoms with E-state index in [1.807, 2.05) is 0 Å². The summed E-state index contributed by atoms with van der Waals surface area (Å²) in [5.74, 6) is 0.543. The largest absolute Gasteiger partial charge is 0.469 e. The van der Waals surface area contributed by atoms with Gasteiger partial charge in [0.1, 0.15) is 11.4 Å². The smallest absolute Gasteiger partial charge is 0.308 e. The first-order valence-electron chi connectivity index (χ1n) is 11.6. The van der Waals surface area contributed by atoms with Gasteiger partial charge in [-0.25, -0.2) is 0 Å². The summed E-state index contributed by atoms with van der Waals surface area (Å²) in [4.78, 5) is 37.6. The van der Waals surface area contributed by atoms with E-state index < -0.39 is 5.60 Å².